The van der Waals surface area contributed by atoms with Crippen molar-refractivity contribution < 1.29 is 9.90 Å². The quantitative estimate of drug-likeness (QED) is 0.919. The number of carboxylic acids is 1. The molecule has 0 radical (unpaired) electrons. The lowest BCUT2D eigenvalue weighted by Gasteiger charge is -2.06. The minimum absolute atomic E-state index is 0.337. The van der Waals surface area contributed by atoms with Gasteiger partial charge in [-0.3, -0.25) is 0 Å². The van der Waals surface area contributed by atoms with E-state index in [2.05, 4.69) is 16.9 Å². The Morgan fingerprint density at radius 3 is 2.83 bits per heavy atom. The van der Waals surface area contributed by atoms with Crippen molar-refractivity contribution >= 4 is 17.3 Å². The molecule has 2 heterocycles. The minimum Gasteiger partial charge on any atom is -0.477 e. The van der Waals surface area contributed by atoms with Crippen LogP contribution in [0.4, 0.5) is 0 Å². The van der Waals surface area contributed by atoms with Gasteiger partial charge in [-0.15, -0.1) is 11.3 Å². The van der Waals surface area contributed by atoms with Crippen LogP contribution in [0.2, 0.25) is 0 Å². The highest BCUT2D eigenvalue weighted by atomic mass is 32.1. The molecule has 0 aliphatic heterocycles. The minimum atomic E-state index is -0.894. The van der Waals surface area contributed by atoms with E-state index < -0.39 is 5.97 Å². The molecule has 0 bridgehead atoms. The van der Waals surface area contributed by atoms with E-state index in [9.17, 15) is 4.79 Å². The lowest BCUT2D eigenvalue weighted by atomic mass is 10.1. The third-order valence-corrected chi connectivity index (χ3v) is 3.63. The van der Waals surface area contributed by atoms with Crippen LogP contribution in [0, 0.1) is 6.92 Å². The number of hydrogen-bond donors (Lipinski definition) is 1. The number of aromatic carboxylic acids is 1. The summed E-state index contributed by atoms with van der Waals surface area (Å²) in [6, 6.07) is 3.44. The van der Waals surface area contributed by atoms with Crippen LogP contribution in [-0.2, 0) is 6.42 Å². The molecule has 2 aromatic rings. The normalized spacial score (nSPS) is 10.6. The van der Waals surface area contributed by atoms with Crippen LogP contribution >= 0.6 is 11.3 Å². The summed E-state index contributed by atoms with van der Waals surface area (Å²) >= 11 is 1.25. The Bertz CT molecular complexity index is 578. The predicted octanol–water partition coefficient (Wildman–Crippen LogP) is 3.16. The average molecular weight is 262 g/mol. The first-order chi connectivity index (χ1) is 8.61. The summed E-state index contributed by atoms with van der Waals surface area (Å²) in [4.78, 5) is 20.8. The van der Waals surface area contributed by atoms with Crippen LogP contribution in [0.3, 0.4) is 0 Å². The monoisotopic (exact) mass is 262 g/mol. The van der Waals surface area contributed by atoms with Gasteiger partial charge in [0.1, 0.15) is 10.7 Å². The second kappa shape index (κ2) is 5.27. The second-order valence-electron chi connectivity index (χ2n) is 4.01. The maximum atomic E-state index is 10.9. The van der Waals surface area contributed by atoms with Crippen molar-refractivity contribution in [3.05, 3.63) is 34.6 Å². The zero-order valence-electron chi connectivity index (χ0n) is 10.3. The largest absolute Gasteiger partial charge is 0.477 e. The van der Waals surface area contributed by atoms with Gasteiger partial charge in [-0.05, 0) is 31.0 Å². The number of carboxylic acid groups (broad SMARTS) is 1. The lowest BCUT2D eigenvalue weighted by Crippen LogP contribution is -1.97. The van der Waals surface area contributed by atoms with Crippen molar-refractivity contribution in [2.45, 2.75) is 26.7 Å². The van der Waals surface area contributed by atoms with E-state index in [1.807, 2.05) is 19.2 Å². The van der Waals surface area contributed by atoms with Gasteiger partial charge in [-0.1, -0.05) is 13.3 Å². The Labute approximate surface area is 109 Å². The lowest BCUT2D eigenvalue weighted by molar-refractivity contribution is 0.0702. The van der Waals surface area contributed by atoms with Crippen LogP contribution in [0.1, 0.15) is 34.4 Å². The first-order valence-corrected chi connectivity index (χ1v) is 6.59. The summed E-state index contributed by atoms with van der Waals surface area (Å²) in [7, 11) is 0. The molecule has 0 amide bonds. The number of rotatable bonds is 4. The molecule has 4 nitrogen and oxygen atoms in total. The fourth-order valence-corrected chi connectivity index (χ4v) is 2.61. The number of thiophene rings is 1. The zero-order chi connectivity index (χ0) is 13.1. The van der Waals surface area contributed by atoms with E-state index in [1.54, 1.807) is 6.07 Å². The van der Waals surface area contributed by atoms with Crippen LogP contribution < -0.4 is 0 Å². The zero-order valence-corrected chi connectivity index (χ0v) is 11.1. The first-order valence-electron chi connectivity index (χ1n) is 5.78. The van der Waals surface area contributed by atoms with E-state index in [0.29, 0.717) is 10.7 Å². The molecule has 18 heavy (non-hydrogen) atoms. The summed E-state index contributed by atoms with van der Waals surface area (Å²) in [6.45, 7) is 3.94. The molecule has 5 heteroatoms. The molecule has 2 aromatic heterocycles. The molecule has 0 aromatic carbocycles. The van der Waals surface area contributed by atoms with Crippen LogP contribution in [0.25, 0.3) is 10.6 Å². The van der Waals surface area contributed by atoms with Crippen molar-refractivity contribution in [3.8, 4) is 10.6 Å². The highest BCUT2D eigenvalue weighted by Gasteiger charge is 2.13. The van der Waals surface area contributed by atoms with Crippen molar-refractivity contribution in [1.29, 1.82) is 0 Å². The van der Waals surface area contributed by atoms with E-state index >= 15 is 0 Å². The van der Waals surface area contributed by atoms with Crippen LogP contribution in [0.15, 0.2) is 18.3 Å². The van der Waals surface area contributed by atoms with Gasteiger partial charge in [0.05, 0.1) is 10.6 Å². The van der Waals surface area contributed by atoms with Gasteiger partial charge in [0, 0.05) is 6.20 Å². The molecule has 1 N–H and O–H groups in total. The molecule has 94 valence electrons. The molecule has 0 saturated heterocycles. The number of hydrogen-bond acceptors (Lipinski definition) is 4. The maximum absolute atomic E-state index is 10.9. The molecular formula is C13H14N2O2S. The van der Waals surface area contributed by atoms with Crippen molar-refractivity contribution in [3.63, 3.8) is 0 Å². The summed E-state index contributed by atoms with van der Waals surface area (Å²) in [5.41, 5.74) is 1.93. The molecule has 0 saturated carbocycles. The third kappa shape index (κ3) is 2.56. The number of nitrogens with zero attached hydrogens (tertiary/aromatic N) is 2. The highest BCUT2D eigenvalue weighted by molar-refractivity contribution is 7.17. The van der Waals surface area contributed by atoms with Gasteiger partial charge in [0.15, 0.2) is 0 Å². The van der Waals surface area contributed by atoms with Crippen LogP contribution in [-0.4, -0.2) is 21.0 Å². The number of carbonyl (C=O) groups is 1. The van der Waals surface area contributed by atoms with Gasteiger partial charge >= 0.3 is 5.97 Å². The SMILES string of the molecule is CCCc1cnc(C)nc1-c1ccc(C(=O)O)s1. The van der Waals surface area contributed by atoms with Crippen LogP contribution in [0.5, 0.6) is 0 Å². The van der Waals surface area contributed by atoms with Crippen molar-refractivity contribution in [1.82, 2.24) is 9.97 Å². The Balaban J connectivity index is 2.47. The maximum Gasteiger partial charge on any atom is 0.345 e. The van der Waals surface area contributed by atoms with E-state index in [1.165, 1.54) is 11.3 Å². The smallest absolute Gasteiger partial charge is 0.345 e. The molecule has 0 fully saturated rings. The van der Waals surface area contributed by atoms with E-state index in [-0.39, 0.29) is 0 Å². The van der Waals surface area contributed by atoms with Gasteiger partial charge < -0.3 is 5.11 Å². The van der Waals surface area contributed by atoms with Gasteiger partial charge in [-0.25, -0.2) is 14.8 Å². The van der Waals surface area contributed by atoms with Gasteiger partial charge in [0.2, 0.25) is 0 Å². The van der Waals surface area contributed by atoms with E-state index in [4.69, 9.17) is 5.11 Å². The standard InChI is InChI=1S/C13H14N2O2S/c1-3-4-9-7-14-8(2)15-12(9)10-5-6-11(18-10)13(16)17/h5-7H,3-4H2,1-2H3,(H,16,17). The third-order valence-electron chi connectivity index (χ3n) is 2.55. The predicted molar refractivity (Wildman–Crippen MR) is 71.0 cm³/mol. The van der Waals surface area contributed by atoms with Gasteiger partial charge in [0.25, 0.3) is 0 Å². The summed E-state index contributed by atoms with van der Waals surface area (Å²) in [6.07, 6.45) is 3.74. The summed E-state index contributed by atoms with van der Waals surface area (Å²) in [5.74, 6) is -0.191. The molecule has 2 rings (SSSR count). The van der Waals surface area contributed by atoms with Crippen molar-refractivity contribution in [2.24, 2.45) is 0 Å². The van der Waals surface area contributed by atoms with Crippen molar-refractivity contribution in [2.75, 3.05) is 0 Å². The Kier molecular flexibility index (Phi) is 3.72. The topological polar surface area (TPSA) is 63.1 Å². The first kappa shape index (κ1) is 12.7. The molecule has 0 atom stereocenters. The fraction of sp³-hybridized carbons (Fsp3) is 0.308. The molecule has 0 unspecified atom stereocenters. The van der Waals surface area contributed by atoms with Gasteiger partial charge in [-0.2, -0.15) is 0 Å². The summed E-state index contributed by atoms with van der Waals surface area (Å²) in [5, 5.41) is 8.95. The van der Waals surface area contributed by atoms with E-state index in [0.717, 1.165) is 29.0 Å². The Morgan fingerprint density at radius 2 is 2.22 bits per heavy atom. The fourth-order valence-electron chi connectivity index (χ4n) is 1.74. The second-order valence-corrected chi connectivity index (χ2v) is 5.09. The molecule has 0 spiro atoms. The Hall–Kier alpha value is -1.75. The molecular weight excluding hydrogens is 248 g/mol. The number of aromatic nitrogens is 2. The Morgan fingerprint density at radius 1 is 1.44 bits per heavy atom. The summed E-state index contributed by atoms with van der Waals surface area (Å²) < 4.78 is 0. The molecule has 0 aliphatic rings. The highest BCUT2D eigenvalue weighted by Crippen LogP contribution is 2.29. The average Bonchev–Trinajstić information content (AvgIpc) is 2.81. The molecule has 0 aliphatic carbocycles. The number of aryl methyl sites for hydroxylation is 2.